The zero-order valence-electron chi connectivity index (χ0n) is 12.5. The Bertz CT molecular complexity index is 730. The van der Waals surface area contributed by atoms with Crippen LogP contribution in [0.1, 0.15) is 27.7 Å². The van der Waals surface area contributed by atoms with Gasteiger partial charge in [-0.25, -0.2) is 19.0 Å². The first-order valence-corrected chi connectivity index (χ1v) is 8.97. The van der Waals surface area contributed by atoms with Crippen LogP contribution in [0.4, 0.5) is 5.82 Å². The van der Waals surface area contributed by atoms with E-state index in [0.29, 0.717) is 17.4 Å². The van der Waals surface area contributed by atoms with Crippen molar-refractivity contribution >= 4 is 32.1 Å². The fourth-order valence-electron chi connectivity index (χ4n) is 1.67. The summed E-state index contributed by atoms with van der Waals surface area (Å²) in [6.07, 6.45) is 1.66. The molecule has 2 rings (SSSR count). The van der Waals surface area contributed by atoms with Gasteiger partial charge >= 0.3 is 0 Å². The van der Waals surface area contributed by atoms with E-state index >= 15 is 0 Å². The van der Waals surface area contributed by atoms with Gasteiger partial charge in [-0.15, -0.1) is 11.3 Å². The standard InChI is InChI=1S/C12H21N5O2S2/c1-8(2)12(3,4)7-14-21(18,19)10-9(16-13)15-11-17(10)5-6-20-11/h5-6,8,14,16H,7,13H2,1-4H3. The lowest BCUT2D eigenvalue weighted by Gasteiger charge is -2.29. The number of imidazole rings is 1. The zero-order chi connectivity index (χ0) is 15.8. The van der Waals surface area contributed by atoms with E-state index in [1.165, 1.54) is 15.7 Å². The molecule has 21 heavy (non-hydrogen) atoms. The van der Waals surface area contributed by atoms with Crippen LogP contribution < -0.4 is 16.0 Å². The molecular weight excluding hydrogens is 310 g/mol. The summed E-state index contributed by atoms with van der Waals surface area (Å²) in [6.45, 7) is 8.53. The number of hydrogen-bond donors (Lipinski definition) is 3. The fourth-order valence-corrected chi connectivity index (χ4v) is 3.91. The van der Waals surface area contributed by atoms with Crippen LogP contribution in [0.25, 0.3) is 4.96 Å². The van der Waals surface area contributed by atoms with E-state index < -0.39 is 10.0 Å². The second-order valence-corrected chi connectivity index (χ2v) is 8.49. The summed E-state index contributed by atoms with van der Waals surface area (Å²) in [4.78, 5) is 4.74. The van der Waals surface area contributed by atoms with Crippen molar-refractivity contribution in [3.05, 3.63) is 11.6 Å². The van der Waals surface area contributed by atoms with Gasteiger partial charge < -0.3 is 5.43 Å². The van der Waals surface area contributed by atoms with Crippen LogP contribution in [0, 0.1) is 11.3 Å². The predicted octanol–water partition coefficient (Wildman–Crippen LogP) is 1.64. The highest BCUT2D eigenvalue weighted by Crippen LogP contribution is 2.28. The zero-order valence-corrected chi connectivity index (χ0v) is 14.2. The number of nitrogens with zero attached hydrogens (tertiary/aromatic N) is 2. The van der Waals surface area contributed by atoms with Gasteiger partial charge in [0.1, 0.15) is 0 Å². The number of anilines is 1. The summed E-state index contributed by atoms with van der Waals surface area (Å²) in [5.74, 6) is 5.88. The highest BCUT2D eigenvalue weighted by Gasteiger charge is 2.29. The SMILES string of the molecule is CC(C)C(C)(C)CNS(=O)(=O)c1c(NN)nc2sccn12. The van der Waals surface area contributed by atoms with Crippen molar-refractivity contribution in [1.29, 1.82) is 0 Å². The van der Waals surface area contributed by atoms with Crippen molar-refractivity contribution in [2.75, 3.05) is 12.0 Å². The van der Waals surface area contributed by atoms with E-state index in [-0.39, 0.29) is 16.3 Å². The van der Waals surface area contributed by atoms with Gasteiger partial charge in [-0.3, -0.25) is 4.40 Å². The number of nitrogens with two attached hydrogens (primary N) is 1. The molecule has 0 radical (unpaired) electrons. The molecule has 0 saturated heterocycles. The van der Waals surface area contributed by atoms with Crippen LogP contribution in [-0.2, 0) is 10.0 Å². The smallest absolute Gasteiger partial charge is 0.260 e. The maximum Gasteiger partial charge on any atom is 0.260 e. The average molecular weight is 331 g/mol. The Morgan fingerprint density at radius 2 is 2.14 bits per heavy atom. The van der Waals surface area contributed by atoms with Crippen molar-refractivity contribution in [1.82, 2.24) is 14.1 Å². The number of nitrogen functional groups attached to an aromatic ring is 1. The van der Waals surface area contributed by atoms with E-state index in [4.69, 9.17) is 5.84 Å². The topological polar surface area (TPSA) is 102 Å². The van der Waals surface area contributed by atoms with Crippen LogP contribution in [0.3, 0.4) is 0 Å². The fraction of sp³-hybridized carbons (Fsp3) is 0.583. The predicted molar refractivity (Wildman–Crippen MR) is 84.7 cm³/mol. The van der Waals surface area contributed by atoms with Crippen LogP contribution in [0.15, 0.2) is 16.6 Å². The minimum Gasteiger partial charge on any atom is -0.306 e. The Kier molecular flexibility index (Phi) is 4.29. The Labute approximate surface area is 128 Å². The highest BCUT2D eigenvalue weighted by molar-refractivity contribution is 7.89. The quantitative estimate of drug-likeness (QED) is 0.552. The molecule has 0 bridgehead atoms. The third-order valence-electron chi connectivity index (χ3n) is 3.89. The molecule has 0 atom stereocenters. The normalized spacial score (nSPS) is 13.2. The summed E-state index contributed by atoms with van der Waals surface area (Å²) in [5.41, 5.74) is 2.20. The van der Waals surface area contributed by atoms with Crippen LogP contribution in [0.5, 0.6) is 0 Å². The monoisotopic (exact) mass is 331 g/mol. The number of nitrogens with one attached hydrogen (secondary N) is 2. The van der Waals surface area contributed by atoms with Crippen molar-refractivity contribution < 1.29 is 8.42 Å². The molecule has 118 valence electrons. The summed E-state index contributed by atoms with van der Waals surface area (Å²) in [6, 6.07) is 0. The first kappa shape index (κ1) is 16.2. The third kappa shape index (κ3) is 3.05. The van der Waals surface area contributed by atoms with Gasteiger partial charge in [0.2, 0.25) is 5.03 Å². The van der Waals surface area contributed by atoms with Crippen molar-refractivity contribution in [3.8, 4) is 0 Å². The molecule has 0 aliphatic carbocycles. The first-order chi connectivity index (χ1) is 9.69. The van der Waals surface area contributed by atoms with E-state index in [1.807, 2.05) is 13.8 Å². The number of hydrogen-bond acceptors (Lipinski definition) is 6. The number of thiazole rings is 1. The lowest BCUT2D eigenvalue weighted by Crippen LogP contribution is -2.37. The molecule has 7 nitrogen and oxygen atoms in total. The molecule has 0 aliphatic rings. The molecule has 0 spiro atoms. The molecule has 9 heteroatoms. The first-order valence-electron chi connectivity index (χ1n) is 6.61. The average Bonchev–Trinajstić information content (AvgIpc) is 2.95. The molecule has 0 aliphatic heterocycles. The Morgan fingerprint density at radius 3 is 2.71 bits per heavy atom. The molecular formula is C12H21N5O2S2. The molecule has 0 saturated carbocycles. The maximum absolute atomic E-state index is 12.6. The largest absolute Gasteiger partial charge is 0.306 e. The molecule has 2 aromatic rings. The molecule has 4 N–H and O–H groups in total. The van der Waals surface area contributed by atoms with Gasteiger partial charge in [0.25, 0.3) is 10.0 Å². The molecule has 2 heterocycles. The van der Waals surface area contributed by atoms with Gasteiger partial charge in [-0.2, -0.15) is 4.98 Å². The number of sulfonamides is 1. The Morgan fingerprint density at radius 1 is 1.48 bits per heavy atom. The maximum atomic E-state index is 12.6. The molecule has 0 amide bonds. The van der Waals surface area contributed by atoms with E-state index in [9.17, 15) is 8.42 Å². The minimum atomic E-state index is -3.71. The van der Waals surface area contributed by atoms with Gasteiger partial charge in [-0.1, -0.05) is 27.7 Å². The number of fused-ring (bicyclic) bond motifs is 1. The number of aromatic nitrogens is 2. The Hall–Kier alpha value is -1.16. The Balaban J connectivity index is 2.36. The summed E-state index contributed by atoms with van der Waals surface area (Å²) < 4.78 is 29.4. The summed E-state index contributed by atoms with van der Waals surface area (Å²) >= 11 is 1.35. The number of rotatable bonds is 6. The van der Waals surface area contributed by atoms with E-state index in [2.05, 4.69) is 29.0 Å². The van der Waals surface area contributed by atoms with Crippen molar-refractivity contribution in [2.45, 2.75) is 32.7 Å². The molecule has 2 aromatic heterocycles. The van der Waals surface area contributed by atoms with Gasteiger partial charge in [0.05, 0.1) is 0 Å². The molecule has 0 unspecified atom stereocenters. The lowest BCUT2D eigenvalue weighted by molar-refractivity contribution is 0.252. The van der Waals surface area contributed by atoms with E-state index in [0.717, 1.165) is 0 Å². The van der Waals surface area contributed by atoms with Crippen LogP contribution in [0.2, 0.25) is 0 Å². The molecule has 0 fully saturated rings. The van der Waals surface area contributed by atoms with Crippen molar-refractivity contribution in [3.63, 3.8) is 0 Å². The minimum absolute atomic E-state index is 0.0424. The second-order valence-electron chi connectivity index (χ2n) is 5.93. The summed E-state index contributed by atoms with van der Waals surface area (Å²) in [5, 5.41) is 1.82. The van der Waals surface area contributed by atoms with Crippen LogP contribution in [-0.4, -0.2) is 24.3 Å². The lowest BCUT2D eigenvalue weighted by atomic mass is 9.81. The van der Waals surface area contributed by atoms with E-state index in [1.54, 1.807) is 11.6 Å². The second kappa shape index (κ2) is 5.56. The van der Waals surface area contributed by atoms with Gasteiger partial charge in [0.15, 0.2) is 10.8 Å². The third-order valence-corrected chi connectivity index (χ3v) is 6.07. The molecule has 0 aromatic carbocycles. The van der Waals surface area contributed by atoms with Gasteiger partial charge in [0, 0.05) is 18.1 Å². The van der Waals surface area contributed by atoms with Gasteiger partial charge in [-0.05, 0) is 11.3 Å². The summed E-state index contributed by atoms with van der Waals surface area (Å²) in [7, 11) is -3.71. The van der Waals surface area contributed by atoms with Crippen molar-refractivity contribution in [2.24, 2.45) is 17.2 Å². The number of hydrazine groups is 1. The highest BCUT2D eigenvalue weighted by atomic mass is 32.2. The van der Waals surface area contributed by atoms with Crippen LogP contribution >= 0.6 is 11.3 Å².